The van der Waals surface area contributed by atoms with Crippen molar-refractivity contribution in [1.29, 1.82) is 0 Å². The molecule has 0 aliphatic carbocycles. The Kier molecular flexibility index (Phi) is 4.44. The third-order valence-electron chi connectivity index (χ3n) is 2.62. The molecular formula is C13H13N3O3S. The molecule has 0 amide bonds. The van der Waals surface area contributed by atoms with Crippen molar-refractivity contribution in [3.8, 4) is 11.3 Å². The van der Waals surface area contributed by atoms with Crippen molar-refractivity contribution in [3.63, 3.8) is 0 Å². The van der Waals surface area contributed by atoms with Crippen LogP contribution in [0.15, 0.2) is 30.3 Å². The number of carbonyl (C=O) groups excluding carboxylic acids is 1. The molecule has 0 bridgehead atoms. The first kappa shape index (κ1) is 14.2. The Bertz CT molecular complexity index is 625. The van der Waals surface area contributed by atoms with Crippen LogP contribution < -0.4 is 5.48 Å². The van der Waals surface area contributed by atoms with E-state index in [-0.39, 0.29) is 22.9 Å². The van der Waals surface area contributed by atoms with Crippen molar-refractivity contribution in [2.45, 2.75) is 6.92 Å². The van der Waals surface area contributed by atoms with Gasteiger partial charge in [0.15, 0.2) is 0 Å². The van der Waals surface area contributed by atoms with Gasteiger partial charge in [-0.2, -0.15) is 5.10 Å². The van der Waals surface area contributed by atoms with Crippen LogP contribution in [0.25, 0.3) is 11.3 Å². The Morgan fingerprint density at radius 1 is 1.45 bits per heavy atom. The summed E-state index contributed by atoms with van der Waals surface area (Å²) in [7, 11) is 0. The minimum absolute atomic E-state index is 0.0252. The molecule has 0 saturated heterocycles. The Morgan fingerprint density at radius 2 is 2.15 bits per heavy atom. The van der Waals surface area contributed by atoms with E-state index >= 15 is 0 Å². The highest BCUT2D eigenvalue weighted by molar-refractivity contribution is 7.80. The van der Waals surface area contributed by atoms with E-state index in [4.69, 9.17) is 22.2 Å². The lowest BCUT2D eigenvalue weighted by Crippen LogP contribution is -2.21. The molecule has 0 aliphatic heterocycles. The highest BCUT2D eigenvalue weighted by Crippen LogP contribution is 2.24. The lowest BCUT2D eigenvalue weighted by molar-refractivity contribution is 0.0527. The number of esters is 1. The number of rotatable bonds is 4. The van der Waals surface area contributed by atoms with Crippen LogP contribution in [0.2, 0.25) is 0 Å². The molecule has 0 spiro atoms. The first-order chi connectivity index (χ1) is 9.69. The van der Waals surface area contributed by atoms with Crippen LogP contribution in [-0.4, -0.2) is 33.0 Å². The van der Waals surface area contributed by atoms with Crippen molar-refractivity contribution < 1.29 is 14.7 Å². The summed E-state index contributed by atoms with van der Waals surface area (Å²) in [6.45, 7) is 1.94. The van der Waals surface area contributed by atoms with E-state index in [2.05, 4.69) is 10.2 Å². The normalized spacial score (nSPS) is 10.1. The first-order valence-corrected chi connectivity index (χ1v) is 6.35. The molecule has 6 nitrogen and oxygen atoms in total. The number of ether oxygens (including phenoxy) is 1. The summed E-state index contributed by atoms with van der Waals surface area (Å²) in [5.41, 5.74) is 3.43. The standard InChI is InChI=1S/C13H13N3O3S/c1-2-19-13(17)9-10(8-6-4-3-5-7-8)14-15-11(9)12(20)16-18/h3-7,18H,2H2,1H3,(H,14,15)(H,16,20). The Morgan fingerprint density at radius 3 is 2.75 bits per heavy atom. The molecule has 2 aromatic rings. The molecule has 7 heteroatoms. The van der Waals surface area contributed by atoms with Crippen LogP contribution in [0.5, 0.6) is 0 Å². The van der Waals surface area contributed by atoms with E-state index < -0.39 is 5.97 Å². The SMILES string of the molecule is CCOC(=O)c1c(-c2ccccc2)n[nH]c1C(=S)NO. The molecule has 0 atom stereocenters. The maximum absolute atomic E-state index is 12.1. The van der Waals surface area contributed by atoms with Gasteiger partial charge in [0, 0.05) is 5.56 Å². The van der Waals surface area contributed by atoms with E-state index in [1.165, 1.54) is 0 Å². The average Bonchev–Trinajstić information content (AvgIpc) is 2.92. The molecule has 1 aromatic heterocycles. The molecule has 0 aliphatic rings. The topological polar surface area (TPSA) is 87.2 Å². The zero-order valence-electron chi connectivity index (χ0n) is 10.7. The summed E-state index contributed by atoms with van der Waals surface area (Å²) >= 11 is 4.94. The van der Waals surface area contributed by atoms with Gasteiger partial charge >= 0.3 is 5.97 Å². The fourth-order valence-corrected chi connectivity index (χ4v) is 1.92. The quantitative estimate of drug-likeness (QED) is 0.453. The molecule has 1 heterocycles. The number of aromatic nitrogens is 2. The maximum atomic E-state index is 12.1. The second-order valence-electron chi connectivity index (χ2n) is 3.85. The Hall–Kier alpha value is -2.25. The second kappa shape index (κ2) is 6.27. The van der Waals surface area contributed by atoms with Crippen LogP contribution in [0.3, 0.4) is 0 Å². The Labute approximate surface area is 120 Å². The van der Waals surface area contributed by atoms with Crippen LogP contribution in [0.4, 0.5) is 0 Å². The molecule has 2 rings (SSSR count). The van der Waals surface area contributed by atoms with Crippen molar-refractivity contribution >= 4 is 23.2 Å². The van der Waals surface area contributed by atoms with Gasteiger partial charge < -0.3 is 4.74 Å². The molecular weight excluding hydrogens is 278 g/mol. The number of hydroxylamine groups is 1. The molecule has 104 valence electrons. The fourth-order valence-electron chi connectivity index (χ4n) is 1.77. The molecule has 0 fully saturated rings. The summed E-state index contributed by atoms with van der Waals surface area (Å²) in [6.07, 6.45) is 0. The fraction of sp³-hybridized carbons (Fsp3) is 0.154. The lowest BCUT2D eigenvalue weighted by atomic mass is 10.1. The average molecular weight is 291 g/mol. The molecule has 20 heavy (non-hydrogen) atoms. The van der Waals surface area contributed by atoms with E-state index in [1.54, 1.807) is 6.92 Å². The number of carbonyl (C=O) groups is 1. The number of thiocarbonyl (C=S) groups is 1. The van der Waals surface area contributed by atoms with Crippen molar-refractivity contribution in [3.05, 3.63) is 41.6 Å². The van der Waals surface area contributed by atoms with Gasteiger partial charge in [-0.3, -0.25) is 15.8 Å². The van der Waals surface area contributed by atoms with Crippen LogP contribution >= 0.6 is 12.2 Å². The number of nitrogens with one attached hydrogen (secondary N) is 2. The van der Waals surface area contributed by atoms with Crippen molar-refractivity contribution in [2.24, 2.45) is 0 Å². The predicted octanol–water partition coefficient (Wildman–Crippen LogP) is 1.91. The summed E-state index contributed by atoms with van der Waals surface area (Å²) in [4.78, 5) is 12.1. The van der Waals surface area contributed by atoms with Crippen molar-refractivity contribution in [1.82, 2.24) is 15.7 Å². The number of hydrogen-bond donors (Lipinski definition) is 3. The van der Waals surface area contributed by atoms with Crippen LogP contribution in [-0.2, 0) is 4.74 Å². The van der Waals surface area contributed by atoms with E-state index in [0.29, 0.717) is 5.69 Å². The van der Waals surface area contributed by atoms with Gasteiger partial charge in [-0.1, -0.05) is 42.5 Å². The number of nitrogens with zero attached hydrogens (tertiary/aromatic N) is 1. The maximum Gasteiger partial charge on any atom is 0.342 e. The lowest BCUT2D eigenvalue weighted by Gasteiger charge is -2.06. The van der Waals surface area contributed by atoms with E-state index in [1.807, 2.05) is 35.8 Å². The van der Waals surface area contributed by atoms with Gasteiger partial charge in [0.2, 0.25) is 0 Å². The molecule has 0 saturated carbocycles. The van der Waals surface area contributed by atoms with Crippen molar-refractivity contribution in [2.75, 3.05) is 6.61 Å². The first-order valence-electron chi connectivity index (χ1n) is 5.94. The number of hydrogen-bond acceptors (Lipinski definition) is 5. The summed E-state index contributed by atoms with van der Waals surface area (Å²) < 4.78 is 5.02. The van der Waals surface area contributed by atoms with Gasteiger partial charge in [-0.25, -0.2) is 4.79 Å². The number of H-pyrrole nitrogens is 1. The van der Waals surface area contributed by atoms with Crippen LogP contribution in [0.1, 0.15) is 23.0 Å². The van der Waals surface area contributed by atoms with Gasteiger partial charge in [0.1, 0.15) is 21.9 Å². The smallest absolute Gasteiger partial charge is 0.342 e. The molecule has 3 N–H and O–H groups in total. The third kappa shape index (κ3) is 2.68. The molecule has 0 unspecified atom stereocenters. The van der Waals surface area contributed by atoms with Gasteiger partial charge in [-0.05, 0) is 6.92 Å². The molecule has 1 aromatic carbocycles. The van der Waals surface area contributed by atoms with E-state index in [9.17, 15) is 4.79 Å². The minimum atomic E-state index is -0.548. The molecule has 0 radical (unpaired) electrons. The van der Waals surface area contributed by atoms with Gasteiger partial charge in [0.05, 0.1) is 6.61 Å². The summed E-state index contributed by atoms with van der Waals surface area (Å²) in [5.74, 6) is -0.548. The summed E-state index contributed by atoms with van der Waals surface area (Å²) in [5, 5.41) is 15.7. The number of benzene rings is 1. The predicted molar refractivity (Wildman–Crippen MR) is 76.6 cm³/mol. The zero-order chi connectivity index (χ0) is 14.5. The largest absolute Gasteiger partial charge is 0.462 e. The zero-order valence-corrected chi connectivity index (χ0v) is 11.5. The summed E-state index contributed by atoms with van der Waals surface area (Å²) in [6, 6.07) is 9.17. The third-order valence-corrected chi connectivity index (χ3v) is 2.92. The van der Waals surface area contributed by atoms with E-state index in [0.717, 1.165) is 5.56 Å². The second-order valence-corrected chi connectivity index (χ2v) is 4.26. The Balaban J connectivity index is 2.55. The highest BCUT2D eigenvalue weighted by Gasteiger charge is 2.24. The van der Waals surface area contributed by atoms with Gasteiger partial charge in [0.25, 0.3) is 0 Å². The van der Waals surface area contributed by atoms with Gasteiger partial charge in [-0.15, -0.1) is 0 Å². The van der Waals surface area contributed by atoms with Crippen LogP contribution in [0, 0.1) is 0 Å². The number of aromatic amines is 1. The monoisotopic (exact) mass is 291 g/mol. The highest BCUT2D eigenvalue weighted by atomic mass is 32.1. The minimum Gasteiger partial charge on any atom is -0.462 e.